The van der Waals surface area contributed by atoms with Crippen LogP contribution in [0.5, 0.6) is 5.75 Å². The molecule has 1 rings (SSSR count). The van der Waals surface area contributed by atoms with Crippen LogP contribution in [0.25, 0.3) is 0 Å². The number of anilines is 1. The van der Waals surface area contributed by atoms with E-state index < -0.39 is 11.4 Å². The van der Waals surface area contributed by atoms with Crippen LogP contribution in [0, 0.1) is 10.8 Å². The van der Waals surface area contributed by atoms with Gasteiger partial charge in [-0.1, -0.05) is 34.3 Å². The molecule has 0 bridgehead atoms. The summed E-state index contributed by atoms with van der Waals surface area (Å²) < 4.78 is 14.8. The molecule has 0 fully saturated rings. The molecule has 0 heterocycles. The number of carbonyl (C=O) groups is 3. The Balaban J connectivity index is 0.000000687. The van der Waals surface area contributed by atoms with Crippen molar-refractivity contribution in [1.29, 1.82) is 0 Å². The monoisotopic (exact) mass is 449 g/mol. The van der Waals surface area contributed by atoms with Gasteiger partial charge in [-0.2, -0.15) is 0 Å². The first kappa shape index (κ1) is 29.3. The Labute approximate surface area is 192 Å². The average molecular weight is 450 g/mol. The maximum absolute atomic E-state index is 12.0. The first-order valence-corrected chi connectivity index (χ1v) is 10.8. The van der Waals surface area contributed by atoms with Crippen LogP contribution in [-0.2, 0) is 23.9 Å². The molecule has 0 spiro atoms. The van der Waals surface area contributed by atoms with E-state index in [1.54, 1.807) is 38.3 Å². The van der Waals surface area contributed by atoms with Gasteiger partial charge in [0.05, 0.1) is 12.0 Å². The van der Waals surface area contributed by atoms with Crippen LogP contribution in [0.3, 0.4) is 0 Å². The van der Waals surface area contributed by atoms with Crippen molar-refractivity contribution in [2.24, 2.45) is 10.8 Å². The van der Waals surface area contributed by atoms with E-state index in [4.69, 9.17) is 14.2 Å². The van der Waals surface area contributed by atoms with Gasteiger partial charge in [-0.3, -0.25) is 9.59 Å². The predicted molar refractivity (Wildman–Crippen MR) is 126 cm³/mol. The molecule has 1 N–H and O–H groups in total. The highest BCUT2D eigenvalue weighted by Crippen LogP contribution is 2.23. The highest BCUT2D eigenvalue weighted by Gasteiger charge is 2.27. The van der Waals surface area contributed by atoms with Crippen LogP contribution >= 0.6 is 0 Å². The van der Waals surface area contributed by atoms with Crippen molar-refractivity contribution in [1.82, 2.24) is 0 Å². The molecule has 0 aliphatic rings. The minimum Gasteiger partial charge on any atom is -0.463 e. The van der Waals surface area contributed by atoms with Crippen LogP contribution in [0.1, 0.15) is 61.3 Å². The molecule has 1 amide bonds. The molecule has 0 atom stereocenters. The Morgan fingerprint density at radius 3 is 1.91 bits per heavy atom. The minimum absolute atomic E-state index is 0.0355. The normalized spacial score (nSPS) is 11.0. The summed E-state index contributed by atoms with van der Waals surface area (Å²) in [6.07, 6.45) is 1.55. The second-order valence-electron chi connectivity index (χ2n) is 8.75. The van der Waals surface area contributed by atoms with Gasteiger partial charge in [-0.05, 0) is 57.9 Å². The molecule has 0 radical (unpaired) electrons. The van der Waals surface area contributed by atoms with Gasteiger partial charge in [0.25, 0.3) is 0 Å². The minimum atomic E-state index is -0.464. The number of methoxy groups -OCH3 is 1. The maximum atomic E-state index is 12.0. The summed E-state index contributed by atoms with van der Waals surface area (Å²) in [6, 6.07) is 6.67. The fraction of sp³-hybridized carbons (Fsp3) is 0.560. The second kappa shape index (κ2) is 13.7. The van der Waals surface area contributed by atoms with E-state index >= 15 is 0 Å². The topological polar surface area (TPSA) is 90.9 Å². The zero-order chi connectivity index (χ0) is 24.9. The number of amides is 1. The second-order valence-corrected chi connectivity index (χ2v) is 8.75. The summed E-state index contributed by atoms with van der Waals surface area (Å²) in [5, 5.41) is 2.84. The Hall–Kier alpha value is -2.67. The number of benzene rings is 1. The fourth-order valence-corrected chi connectivity index (χ4v) is 1.82. The van der Waals surface area contributed by atoms with Crippen molar-refractivity contribution in [3.8, 4) is 5.75 Å². The van der Waals surface area contributed by atoms with Crippen molar-refractivity contribution in [3.63, 3.8) is 0 Å². The van der Waals surface area contributed by atoms with E-state index in [9.17, 15) is 14.4 Å². The lowest BCUT2D eigenvalue weighted by atomic mass is 9.89. The molecule has 0 unspecified atom stereocenters. The van der Waals surface area contributed by atoms with Gasteiger partial charge in [-0.25, -0.2) is 4.79 Å². The summed E-state index contributed by atoms with van der Waals surface area (Å²) in [6.45, 7) is 17.4. The van der Waals surface area contributed by atoms with Gasteiger partial charge in [0, 0.05) is 23.8 Å². The van der Waals surface area contributed by atoms with Crippen LogP contribution in [0.15, 0.2) is 36.4 Å². The quantitative estimate of drug-likeness (QED) is 0.230. The summed E-state index contributed by atoms with van der Waals surface area (Å²) >= 11 is 0. The third-order valence-corrected chi connectivity index (χ3v) is 5.13. The first-order chi connectivity index (χ1) is 14.8. The summed E-state index contributed by atoms with van der Waals surface area (Å²) in [7, 11) is 1.58. The molecular formula is C25H39NO6. The van der Waals surface area contributed by atoms with Crippen LogP contribution in [0.4, 0.5) is 5.69 Å². The molecule has 1 aromatic rings. The zero-order valence-corrected chi connectivity index (χ0v) is 20.8. The largest absolute Gasteiger partial charge is 0.463 e. The predicted octanol–water partition coefficient (Wildman–Crippen LogP) is 5.16. The number of ether oxygens (including phenoxy) is 3. The molecule has 180 valence electrons. The molecule has 0 aliphatic heterocycles. The van der Waals surface area contributed by atoms with Crippen molar-refractivity contribution in [2.45, 2.75) is 61.3 Å². The van der Waals surface area contributed by atoms with Gasteiger partial charge in [-0.15, -0.1) is 0 Å². The van der Waals surface area contributed by atoms with E-state index in [-0.39, 0.29) is 17.3 Å². The van der Waals surface area contributed by atoms with Crippen LogP contribution < -0.4 is 10.1 Å². The van der Waals surface area contributed by atoms with Crippen LogP contribution in [-0.4, -0.2) is 38.2 Å². The number of hydrogen-bond acceptors (Lipinski definition) is 6. The van der Waals surface area contributed by atoms with Gasteiger partial charge < -0.3 is 19.5 Å². The Morgan fingerprint density at radius 1 is 0.938 bits per heavy atom. The zero-order valence-electron chi connectivity index (χ0n) is 20.8. The number of rotatable bonds is 10. The van der Waals surface area contributed by atoms with Gasteiger partial charge >= 0.3 is 11.9 Å². The molecule has 0 aromatic heterocycles. The molecule has 32 heavy (non-hydrogen) atoms. The summed E-state index contributed by atoms with van der Waals surface area (Å²) in [5.41, 5.74) is 0.234. The lowest BCUT2D eigenvalue weighted by molar-refractivity contribution is -0.155. The van der Waals surface area contributed by atoms with E-state index in [0.29, 0.717) is 30.2 Å². The van der Waals surface area contributed by atoms with Crippen LogP contribution in [0.2, 0.25) is 0 Å². The Bertz CT molecular complexity index is 765. The number of nitrogens with one attached hydrogen (secondary N) is 1. The molecule has 0 aliphatic carbocycles. The fourth-order valence-electron chi connectivity index (χ4n) is 1.82. The third-order valence-electron chi connectivity index (χ3n) is 5.13. The van der Waals surface area contributed by atoms with Crippen molar-refractivity contribution >= 4 is 23.5 Å². The highest BCUT2D eigenvalue weighted by atomic mass is 16.6. The first-order valence-electron chi connectivity index (χ1n) is 10.8. The molecule has 7 heteroatoms. The molecule has 0 saturated heterocycles. The molecule has 1 aromatic carbocycles. The summed E-state index contributed by atoms with van der Waals surface area (Å²) in [4.78, 5) is 34.7. The molecular weight excluding hydrogens is 410 g/mol. The number of carbonyl (C=O) groups excluding carboxylic acids is 3. The average Bonchev–Trinajstić information content (AvgIpc) is 2.75. The van der Waals surface area contributed by atoms with Crippen molar-refractivity contribution in [3.05, 3.63) is 36.4 Å². The lowest BCUT2D eigenvalue weighted by Gasteiger charge is -2.21. The Morgan fingerprint density at radius 2 is 1.47 bits per heavy atom. The maximum Gasteiger partial charge on any atom is 0.338 e. The van der Waals surface area contributed by atoms with E-state index in [2.05, 4.69) is 11.9 Å². The van der Waals surface area contributed by atoms with E-state index in [0.717, 1.165) is 12.8 Å². The van der Waals surface area contributed by atoms with Gasteiger partial charge in [0.1, 0.15) is 12.4 Å². The van der Waals surface area contributed by atoms with Crippen molar-refractivity contribution in [2.75, 3.05) is 25.6 Å². The molecule has 0 saturated carbocycles. The van der Waals surface area contributed by atoms with E-state index in [1.807, 2.05) is 41.5 Å². The van der Waals surface area contributed by atoms with E-state index in [1.165, 1.54) is 0 Å². The third kappa shape index (κ3) is 10.6. The smallest absolute Gasteiger partial charge is 0.338 e. The standard InChI is InChI=1S/C16H21NO3.C9H18O3/c1-6-16(4,5)15(19)17-12-7-9-13(10-8-12)20-14(18)11(2)3;1-5-9(2,3)8(10)12-7-6-11-4/h7-10H,2,6H2,1,3-5H3,(H,17,19);5-7H2,1-4H3. The Kier molecular flexibility index (Phi) is 12.5. The van der Waals surface area contributed by atoms with Gasteiger partial charge in [0.15, 0.2) is 0 Å². The lowest BCUT2D eigenvalue weighted by Crippen LogP contribution is -2.29. The SMILES string of the molecule is C=C(C)C(=O)Oc1ccc(NC(=O)C(C)(C)CC)cc1.CCC(C)(C)C(=O)OCCOC. The molecule has 7 nitrogen and oxygen atoms in total. The number of hydrogen-bond donors (Lipinski definition) is 1. The van der Waals surface area contributed by atoms with Crippen molar-refractivity contribution < 1.29 is 28.6 Å². The van der Waals surface area contributed by atoms with Gasteiger partial charge in [0.2, 0.25) is 5.91 Å². The summed E-state index contributed by atoms with van der Waals surface area (Å²) in [5.74, 6) is -0.228. The highest BCUT2D eigenvalue weighted by molar-refractivity contribution is 5.95. The number of esters is 2.